The monoisotopic (exact) mass is 252 g/mol. The van der Waals surface area contributed by atoms with Gasteiger partial charge in [0.15, 0.2) is 0 Å². The Morgan fingerprint density at radius 1 is 1.35 bits per heavy atom. The molecular formula is C13H20N2OS. The van der Waals surface area contributed by atoms with Crippen molar-refractivity contribution in [3.8, 4) is 5.75 Å². The smallest absolute Gasteiger partial charge is 0.119 e. The van der Waals surface area contributed by atoms with Gasteiger partial charge in [-0.25, -0.2) is 0 Å². The van der Waals surface area contributed by atoms with Crippen LogP contribution in [0.5, 0.6) is 5.75 Å². The molecule has 17 heavy (non-hydrogen) atoms. The Labute approximate surface area is 107 Å². The van der Waals surface area contributed by atoms with Gasteiger partial charge in [0, 0.05) is 43.2 Å². The fourth-order valence-corrected chi connectivity index (χ4v) is 2.87. The van der Waals surface area contributed by atoms with E-state index in [9.17, 15) is 5.11 Å². The van der Waals surface area contributed by atoms with Gasteiger partial charge in [0.1, 0.15) is 5.75 Å². The SMILES string of the molecule is CSc1cccc(O)c1CCN1CCNCC1. The topological polar surface area (TPSA) is 35.5 Å². The van der Waals surface area contributed by atoms with Gasteiger partial charge in [-0.2, -0.15) is 0 Å². The summed E-state index contributed by atoms with van der Waals surface area (Å²) in [5, 5.41) is 13.3. The maximum atomic E-state index is 9.91. The van der Waals surface area contributed by atoms with Crippen molar-refractivity contribution in [3.05, 3.63) is 23.8 Å². The quantitative estimate of drug-likeness (QED) is 0.797. The summed E-state index contributed by atoms with van der Waals surface area (Å²) >= 11 is 1.71. The van der Waals surface area contributed by atoms with E-state index in [1.54, 1.807) is 17.8 Å². The highest BCUT2D eigenvalue weighted by Crippen LogP contribution is 2.28. The molecule has 1 saturated heterocycles. The number of benzene rings is 1. The number of aromatic hydroxyl groups is 1. The van der Waals surface area contributed by atoms with Crippen molar-refractivity contribution >= 4 is 11.8 Å². The molecule has 0 radical (unpaired) electrons. The molecule has 1 aromatic carbocycles. The summed E-state index contributed by atoms with van der Waals surface area (Å²) in [6, 6.07) is 5.78. The molecule has 0 amide bonds. The van der Waals surface area contributed by atoms with Gasteiger partial charge in [-0.1, -0.05) is 6.07 Å². The highest BCUT2D eigenvalue weighted by molar-refractivity contribution is 7.98. The Morgan fingerprint density at radius 2 is 2.12 bits per heavy atom. The number of hydrogen-bond donors (Lipinski definition) is 2. The Bertz CT molecular complexity index is 364. The molecule has 1 aromatic rings. The molecular weight excluding hydrogens is 232 g/mol. The van der Waals surface area contributed by atoms with Crippen LogP contribution in [-0.4, -0.2) is 49.0 Å². The Hall–Kier alpha value is -0.710. The third-order valence-corrected chi connectivity index (χ3v) is 4.04. The van der Waals surface area contributed by atoms with Crippen LogP contribution in [0.4, 0.5) is 0 Å². The van der Waals surface area contributed by atoms with Crippen molar-refractivity contribution in [1.29, 1.82) is 0 Å². The van der Waals surface area contributed by atoms with Crippen LogP contribution < -0.4 is 5.32 Å². The summed E-state index contributed by atoms with van der Waals surface area (Å²) in [5.41, 5.74) is 1.10. The van der Waals surface area contributed by atoms with Gasteiger partial charge in [-0.05, 0) is 24.8 Å². The maximum absolute atomic E-state index is 9.91. The van der Waals surface area contributed by atoms with E-state index in [0.717, 1.165) is 44.7 Å². The van der Waals surface area contributed by atoms with Crippen LogP contribution >= 0.6 is 11.8 Å². The van der Waals surface area contributed by atoms with E-state index in [1.165, 1.54) is 4.90 Å². The van der Waals surface area contributed by atoms with Gasteiger partial charge >= 0.3 is 0 Å². The Morgan fingerprint density at radius 3 is 2.82 bits per heavy atom. The second-order valence-corrected chi connectivity index (χ2v) is 5.15. The van der Waals surface area contributed by atoms with Crippen LogP contribution in [0.15, 0.2) is 23.1 Å². The molecule has 3 nitrogen and oxygen atoms in total. The summed E-state index contributed by atoms with van der Waals surface area (Å²) < 4.78 is 0. The number of piperazine rings is 1. The van der Waals surface area contributed by atoms with Crippen molar-refractivity contribution in [2.45, 2.75) is 11.3 Å². The first kappa shape index (κ1) is 12.7. The summed E-state index contributed by atoms with van der Waals surface area (Å²) in [5.74, 6) is 0.437. The lowest BCUT2D eigenvalue weighted by Crippen LogP contribution is -2.44. The first-order chi connectivity index (χ1) is 8.31. The summed E-state index contributed by atoms with van der Waals surface area (Å²) in [7, 11) is 0. The molecule has 0 spiro atoms. The van der Waals surface area contributed by atoms with Gasteiger partial charge in [-0.3, -0.25) is 0 Å². The predicted molar refractivity (Wildman–Crippen MR) is 72.9 cm³/mol. The average Bonchev–Trinajstić information content (AvgIpc) is 2.38. The third kappa shape index (κ3) is 3.37. The first-order valence-electron chi connectivity index (χ1n) is 6.09. The van der Waals surface area contributed by atoms with Gasteiger partial charge in [-0.15, -0.1) is 11.8 Å². The first-order valence-corrected chi connectivity index (χ1v) is 7.31. The van der Waals surface area contributed by atoms with Gasteiger partial charge in [0.25, 0.3) is 0 Å². The third-order valence-electron chi connectivity index (χ3n) is 3.22. The summed E-state index contributed by atoms with van der Waals surface area (Å²) in [6.07, 6.45) is 2.99. The number of nitrogens with zero attached hydrogens (tertiary/aromatic N) is 1. The molecule has 0 unspecified atom stereocenters. The van der Waals surface area contributed by atoms with Crippen LogP contribution in [0.1, 0.15) is 5.56 Å². The highest BCUT2D eigenvalue weighted by atomic mass is 32.2. The molecule has 0 aromatic heterocycles. The molecule has 94 valence electrons. The normalized spacial score (nSPS) is 17.2. The van der Waals surface area contributed by atoms with E-state index in [1.807, 2.05) is 6.07 Å². The molecule has 0 atom stereocenters. The molecule has 0 bridgehead atoms. The zero-order chi connectivity index (χ0) is 12.1. The van der Waals surface area contributed by atoms with Crippen LogP contribution in [0.2, 0.25) is 0 Å². The largest absolute Gasteiger partial charge is 0.508 e. The van der Waals surface area contributed by atoms with Crippen molar-refractivity contribution in [3.63, 3.8) is 0 Å². The van der Waals surface area contributed by atoms with Crippen LogP contribution in [0, 0.1) is 0 Å². The van der Waals surface area contributed by atoms with E-state index in [0.29, 0.717) is 5.75 Å². The van der Waals surface area contributed by atoms with E-state index in [2.05, 4.69) is 22.5 Å². The van der Waals surface area contributed by atoms with E-state index in [-0.39, 0.29) is 0 Å². The second kappa shape index (κ2) is 6.28. The van der Waals surface area contributed by atoms with Crippen LogP contribution in [-0.2, 0) is 6.42 Å². The van der Waals surface area contributed by atoms with Crippen molar-refractivity contribution in [1.82, 2.24) is 10.2 Å². The van der Waals surface area contributed by atoms with Crippen molar-refractivity contribution < 1.29 is 5.11 Å². The van der Waals surface area contributed by atoms with E-state index >= 15 is 0 Å². The lowest BCUT2D eigenvalue weighted by Gasteiger charge is -2.27. The fraction of sp³-hybridized carbons (Fsp3) is 0.538. The minimum absolute atomic E-state index is 0.437. The number of phenols is 1. The molecule has 1 aliphatic rings. The molecule has 0 saturated carbocycles. The Kier molecular flexibility index (Phi) is 4.71. The zero-order valence-electron chi connectivity index (χ0n) is 10.3. The number of nitrogens with one attached hydrogen (secondary N) is 1. The summed E-state index contributed by atoms with van der Waals surface area (Å²) in [6.45, 7) is 5.42. The molecule has 4 heteroatoms. The maximum Gasteiger partial charge on any atom is 0.119 e. The molecule has 2 rings (SSSR count). The summed E-state index contributed by atoms with van der Waals surface area (Å²) in [4.78, 5) is 3.65. The number of thioether (sulfide) groups is 1. The molecule has 0 aliphatic carbocycles. The van der Waals surface area contributed by atoms with Crippen LogP contribution in [0.3, 0.4) is 0 Å². The van der Waals surface area contributed by atoms with Crippen molar-refractivity contribution in [2.24, 2.45) is 0 Å². The zero-order valence-corrected chi connectivity index (χ0v) is 11.1. The minimum atomic E-state index is 0.437. The minimum Gasteiger partial charge on any atom is -0.508 e. The number of hydrogen-bond acceptors (Lipinski definition) is 4. The van der Waals surface area contributed by atoms with Crippen LogP contribution in [0.25, 0.3) is 0 Å². The lowest BCUT2D eigenvalue weighted by atomic mass is 10.1. The predicted octanol–water partition coefficient (Wildman–Crippen LogP) is 1.56. The van der Waals surface area contributed by atoms with Gasteiger partial charge < -0.3 is 15.3 Å². The van der Waals surface area contributed by atoms with E-state index < -0.39 is 0 Å². The van der Waals surface area contributed by atoms with Gasteiger partial charge in [0.05, 0.1) is 0 Å². The van der Waals surface area contributed by atoms with Crippen molar-refractivity contribution in [2.75, 3.05) is 39.0 Å². The number of phenolic OH excluding ortho intramolecular Hbond substituents is 1. The Balaban J connectivity index is 1.97. The molecule has 1 aliphatic heterocycles. The molecule has 2 N–H and O–H groups in total. The number of rotatable bonds is 4. The molecule has 1 heterocycles. The standard InChI is InChI=1S/C13H20N2OS/c1-17-13-4-2-3-12(16)11(13)5-8-15-9-6-14-7-10-15/h2-4,14,16H,5-10H2,1H3. The lowest BCUT2D eigenvalue weighted by molar-refractivity contribution is 0.242. The average molecular weight is 252 g/mol. The van der Waals surface area contributed by atoms with E-state index in [4.69, 9.17) is 0 Å². The highest BCUT2D eigenvalue weighted by Gasteiger charge is 2.12. The van der Waals surface area contributed by atoms with Gasteiger partial charge in [0.2, 0.25) is 0 Å². The fourth-order valence-electron chi connectivity index (χ4n) is 2.20. The second-order valence-electron chi connectivity index (χ2n) is 4.30. The molecule has 1 fully saturated rings.